The van der Waals surface area contributed by atoms with Gasteiger partial charge in [-0.1, -0.05) is 18.6 Å². The Morgan fingerprint density at radius 1 is 1.58 bits per heavy atom. The Labute approximate surface area is 73.9 Å². The van der Waals surface area contributed by atoms with Crippen molar-refractivity contribution in [2.24, 2.45) is 11.3 Å². The topological polar surface area (TPSA) is 40.5 Å². The van der Waals surface area contributed by atoms with Crippen LogP contribution in [-0.2, 0) is 0 Å². The minimum absolute atomic E-state index is 0.0673. The van der Waals surface area contributed by atoms with Crippen LogP contribution in [0.25, 0.3) is 0 Å². The number of aliphatic hydroxyl groups excluding tert-OH is 2. The van der Waals surface area contributed by atoms with Crippen molar-refractivity contribution >= 4 is 0 Å². The van der Waals surface area contributed by atoms with E-state index in [1.54, 1.807) is 0 Å². The Morgan fingerprint density at radius 3 is 2.67 bits per heavy atom. The first-order valence-electron chi connectivity index (χ1n) is 4.56. The predicted octanol–water partition coefficient (Wildman–Crippen LogP) is 1.33. The first kappa shape index (κ1) is 9.75. The highest BCUT2D eigenvalue weighted by molar-refractivity contribution is 5.21. The highest BCUT2D eigenvalue weighted by atomic mass is 16.3. The van der Waals surface area contributed by atoms with Crippen molar-refractivity contribution in [3.05, 3.63) is 11.6 Å². The average Bonchev–Trinajstić information content (AvgIpc) is 2.43. The van der Waals surface area contributed by atoms with Gasteiger partial charge < -0.3 is 10.2 Å². The van der Waals surface area contributed by atoms with Crippen LogP contribution in [0.3, 0.4) is 0 Å². The maximum atomic E-state index is 9.22. The molecule has 0 bridgehead atoms. The van der Waals surface area contributed by atoms with Crippen LogP contribution in [0.15, 0.2) is 11.6 Å². The van der Waals surface area contributed by atoms with E-state index in [-0.39, 0.29) is 24.5 Å². The lowest BCUT2D eigenvalue weighted by Crippen LogP contribution is -2.21. The Hall–Kier alpha value is -0.340. The minimum atomic E-state index is -0.0673. The van der Waals surface area contributed by atoms with Gasteiger partial charge in [-0.25, -0.2) is 0 Å². The molecule has 2 N–H and O–H groups in total. The summed E-state index contributed by atoms with van der Waals surface area (Å²) in [6.45, 7) is 4.47. The first-order valence-corrected chi connectivity index (χ1v) is 4.56. The van der Waals surface area contributed by atoms with E-state index >= 15 is 0 Å². The van der Waals surface area contributed by atoms with Gasteiger partial charge in [0.05, 0.1) is 6.61 Å². The Balaban J connectivity index is 2.83. The van der Waals surface area contributed by atoms with Gasteiger partial charge in [0.15, 0.2) is 0 Å². The molecule has 70 valence electrons. The van der Waals surface area contributed by atoms with Crippen LogP contribution in [0.4, 0.5) is 0 Å². The molecular formula is C10H18O2. The Kier molecular flexibility index (Phi) is 2.91. The van der Waals surface area contributed by atoms with E-state index in [2.05, 4.69) is 6.92 Å². The van der Waals surface area contributed by atoms with Crippen LogP contribution in [0, 0.1) is 11.3 Å². The van der Waals surface area contributed by atoms with Crippen molar-refractivity contribution < 1.29 is 10.2 Å². The number of hydrogen-bond acceptors (Lipinski definition) is 2. The van der Waals surface area contributed by atoms with Crippen LogP contribution < -0.4 is 0 Å². The van der Waals surface area contributed by atoms with Gasteiger partial charge in [0, 0.05) is 17.9 Å². The first-order chi connectivity index (χ1) is 5.68. The summed E-state index contributed by atoms with van der Waals surface area (Å²) in [5.74, 6) is 0.284. The zero-order valence-corrected chi connectivity index (χ0v) is 7.88. The molecule has 2 atom stereocenters. The summed E-state index contributed by atoms with van der Waals surface area (Å²) < 4.78 is 0. The van der Waals surface area contributed by atoms with Gasteiger partial charge in [-0.05, 0) is 19.8 Å². The van der Waals surface area contributed by atoms with Crippen molar-refractivity contribution in [1.29, 1.82) is 0 Å². The van der Waals surface area contributed by atoms with Crippen LogP contribution >= 0.6 is 0 Å². The SMILES string of the molecule is C/C=C1\[C@H](CO)CC[C@]1(C)CO. The highest BCUT2D eigenvalue weighted by Crippen LogP contribution is 2.45. The molecule has 0 aromatic carbocycles. The predicted molar refractivity (Wildman–Crippen MR) is 48.8 cm³/mol. The fourth-order valence-corrected chi connectivity index (χ4v) is 2.23. The second-order valence-corrected chi connectivity index (χ2v) is 3.88. The van der Waals surface area contributed by atoms with Gasteiger partial charge in [0.1, 0.15) is 0 Å². The Morgan fingerprint density at radius 2 is 2.25 bits per heavy atom. The maximum Gasteiger partial charge on any atom is 0.0522 e. The third-order valence-electron chi connectivity index (χ3n) is 3.06. The van der Waals surface area contributed by atoms with E-state index in [9.17, 15) is 5.11 Å². The zero-order chi connectivity index (χ0) is 9.19. The molecule has 2 nitrogen and oxygen atoms in total. The van der Waals surface area contributed by atoms with Crippen molar-refractivity contribution in [3.63, 3.8) is 0 Å². The second-order valence-electron chi connectivity index (χ2n) is 3.88. The molecule has 0 unspecified atom stereocenters. The fourth-order valence-electron chi connectivity index (χ4n) is 2.23. The van der Waals surface area contributed by atoms with E-state index in [1.165, 1.54) is 5.57 Å². The molecule has 0 heterocycles. The van der Waals surface area contributed by atoms with E-state index in [4.69, 9.17) is 5.11 Å². The molecule has 12 heavy (non-hydrogen) atoms. The lowest BCUT2D eigenvalue weighted by molar-refractivity contribution is 0.176. The third kappa shape index (κ3) is 1.41. The average molecular weight is 170 g/mol. The van der Waals surface area contributed by atoms with Gasteiger partial charge in [0.25, 0.3) is 0 Å². The summed E-state index contributed by atoms with van der Waals surface area (Å²) >= 11 is 0. The van der Waals surface area contributed by atoms with Gasteiger partial charge in [-0.3, -0.25) is 0 Å². The number of aliphatic hydroxyl groups is 2. The summed E-state index contributed by atoms with van der Waals surface area (Å²) in [4.78, 5) is 0. The van der Waals surface area contributed by atoms with Gasteiger partial charge in [-0.15, -0.1) is 0 Å². The maximum absolute atomic E-state index is 9.22. The molecule has 0 radical (unpaired) electrons. The van der Waals surface area contributed by atoms with E-state index in [0.29, 0.717) is 0 Å². The smallest absolute Gasteiger partial charge is 0.0522 e. The van der Waals surface area contributed by atoms with Crippen molar-refractivity contribution in [2.75, 3.05) is 13.2 Å². The summed E-state index contributed by atoms with van der Waals surface area (Å²) in [6, 6.07) is 0. The van der Waals surface area contributed by atoms with Crippen molar-refractivity contribution in [2.45, 2.75) is 26.7 Å². The summed E-state index contributed by atoms with van der Waals surface area (Å²) in [7, 11) is 0. The lowest BCUT2D eigenvalue weighted by Gasteiger charge is -2.24. The lowest BCUT2D eigenvalue weighted by atomic mass is 9.83. The van der Waals surface area contributed by atoms with E-state index < -0.39 is 0 Å². The minimum Gasteiger partial charge on any atom is -0.396 e. The van der Waals surface area contributed by atoms with Crippen molar-refractivity contribution in [3.8, 4) is 0 Å². The van der Waals surface area contributed by atoms with Gasteiger partial charge in [0.2, 0.25) is 0 Å². The molecule has 0 aliphatic heterocycles. The molecule has 1 aliphatic carbocycles. The summed E-state index contributed by atoms with van der Waals surface area (Å²) in [6.07, 6.45) is 4.05. The summed E-state index contributed by atoms with van der Waals surface area (Å²) in [5.41, 5.74) is 1.16. The van der Waals surface area contributed by atoms with Gasteiger partial charge >= 0.3 is 0 Å². The molecule has 2 heteroatoms. The molecule has 1 rings (SSSR count). The fraction of sp³-hybridized carbons (Fsp3) is 0.800. The van der Waals surface area contributed by atoms with Gasteiger partial charge in [-0.2, -0.15) is 0 Å². The monoisotopic (exact) mass is 170 g/mol. The standard InChI is InChI=1S/C10H18O2/c1-3-9-8(6-11)4-5-10(9,2)7-12/h3,8,11-12H,4-7H2,1-2H3/b9-3+/t8-,10+/m0/s1. The molecule has 1 aliphatic rings. The van der Waals surface area contributed by atoms with Crippen LogP contribution in [0.2, 0.25) is 0 Å². The Bertz CT molecular complexity index is 186. The highest BCUT2D eigenvalue weighted by Gasteiger charge is 2.38. The van der Waals surface area contributed by atoms with E-state index in [1.807, 2.05) is 13.0 Å². The zero-order valence-electron chi connectivity index (χ0n) is 7.88. The second kappa shape index (κ2) is 3.58. The molecule has 0 aromatic rings. The molecule has 0 aromatic heterocycles. The molecular weight excluding hydrogens is 152 g/mol. The number of allylic oxidation sites excluding steroid dienone is 1. The number of rotatable bonds is 2. The van der Waals surface area contributed by atoms with Crippen LogP contribution in [0.5, 0.6) is 0 Å². The van der Waals surface area contributed by atoms with E-state index in [0.717, 1.165) is 12.8 Å². The molecule has 0 saturated heterocycles. The molecule has 0 amide bonds. The molecule has 1 saturated carbocycles. The largest absolute Gasteiger partial charge is 0.396 e. The van der Waals surface area contributed by atoms with Crippen molar-refractivity contribution in [1.82, 2.24) is 0 Å². The normalized spacial score (nSPS) is 39.3. The molecule has 1 fully saturated rings. The van der Waals surface area contributed by atoms with Crippen LogP contribution in [-0.4, -0.2) is 23.4 Å². The third-order valence-corrected chi connectivity index (χ3v) is 3.06. The molecule has 0 spiro atoms. The van der Waals surface area contributed by atoms with Crippen LogP contribution in [0.1, 0.15) is 26.7 Å². The number of hydrogen-bond donors (Lipinski definition) is 2. The summed E-state index contributed by atoms with van der Waals surface area (Å²) in [5, 5.41) is 18.3. The quantitative estimate of drug-likeness (QED) is 0.614.